The van der Waals surface area contributed by atoms with Crippen molar-refractivity contribution in [1.82, 2.24) is 10.2 Å². The minimum atomic E-state index is -0.351. The van der Waals surface area contributed by atoms with Crippen LogP contribution in [0.2, 0.25) is 10.0 Å². The summed E-state index contributed by atoms with van der Waals surface area (Å²) in [4.78, 5) is 14.5. The molecule has 1 aliphatic rings. The SMILES string of the molecule is CN/C=C(\C=N)c1cc(Cl)c(C(=O)N2COc3c(BO)cccc3C2)c(Cl)c1. The molecule has 1 amide bonds. The lowest BCUT2D eigenvalue weighted by Gasteiger charge is -2.30. The molecule has 28 heavy (non-hydrogen) atoms. The fraction of sp³-hybridized carbons (Fsp3) is 0.158. The van der Waals surface area contributed by atoms with E-state index in [1.165, 1.54) is 11.1 Å². The minimum absolute atomic E-state index is 0.0304. The summed E-state index contributed by atoms with van der Waals surface area (Å²) in [6, 6.07) is 8.65. The Hall–Kier alpha value is -2.48. The summed E-state index contributed by atoms with van der Waals surface area (Å²) >= 11 is 12.7. The van der Waals surface area contributed by atoms with E-state index in [9.17, 15) is 9.82 Å². The normalized spacial score (nSPS) is 13.4. The van der Waals surface area contributed by atoms with Gasteiger partial charge < -0.3 is 25.4 Å². The topological polar surface area (TPSA) is 85.7 Å². The molecule has 0 saturated carbocycles. The van der Waals surface area contributed by atoms with E-state index < -0.39 is 0 Å². The highest BCUT2D eigenvalue weighted by Crippen LogP contribution is 2.32. The first-order valence-electron chi connectivity index (χ1n) is 8.51. The molecule has 0 saturated heterocycles. The number of ether oxygens (including phenoxy) is 1. The molecule has 1 aliphatic heterocycles. The summed E-state index contributed by atoms with van der Waals surface area (Å²) in [5.74, 6) is 0.255. The van der Waals surface area contributed by atoms with Crippen LogP contribution in [0.1, 0.15) is 21.5 Å². The van der Waals surface area contributed by atoms with Crippen molar-refractivity contribution in [3.63, 3.8) is 0 Å². The fourth-order valence-electron chi connectivity index (χ4n) is 3.06. The van der Waals surface area contributed by atoms with Crippen molar-refractivity contribution in [2.24, 2.45) is 0 Å². The highest BCUT2D eigenvalue weighted by Gasteiger charge is 2.27. The van der Waals surface area contributed by atoms with Gasteiger partial charge in [0.05, 0.1) is 22.2 Å². The maximum atomic E-state index is 13.0. The van der Waals surface area contributed by atoms with Gasteiger partial charge in [0.2, 0.25) is 0 Å². The van der Waals surface area contributed by atoms with Gasteiger partial charge >= 0.3 is 7.48 Å². The van der Waals surface area contributed by atoms with Crippen molar-refractivity contribution in [3.05, 3.63) is 63.3 Å². The van der Waals surface area contributed by atoms with Crippen molar-refractivity contribution in [2.45, 2.75) is 6.54 Å². The van der Waals surface area contributed by atoms with E-state index in [1.54, 1.807) is 31.4 Å². The molecule has 0 unspecified atom stereocenters. The summed E-state index contributed by atoms with van der Waals surface area (Å²) in [5.41, 5.74) is 2.88. The Kier molecular flexibility index (Phi) is 6.29. The molecule has 0 spiro atoms. The average Bonchev–Trinajstić information content (AvgIpc) is 2.70. The molecule has 2 aromatic rings. The second-order valence-corrected chi connectivity index (χ2v) is 7.00. The van der Waals surface area contributed by atoms with Crippen LogP contribution >= 0.6 is 23.2 Å². The lowest BCUT2D eigenvalue weighted by Crippen LogP contribution is -2.39. The zero-order valence-corrected chi connectivity index (χ0v) is 16.6. The van der Waals surface area contributed by atoms with E-state index in [2.05, 4.69) is 5.32 Å². The first-order chi connectivity index (χ1) is 13.5. The van der Waals surface area contributed by atoms with Gasteiger partial charge in [-0.15, -0.1) is 0 Å². The van der Waals surface area contributed by atoms with Crippen LogP contribution in [0.3, 0.4) is 0 Å². The quantitative estimate of drug-likeness (QED) is 0.514. The second-order valence-electron chi connectivity index (χ2n) is 6.19. The van der Waals surface area contributed by atoms with Crippen LogP contribution < -0.4 is 15.5 Å². The van der Waals surface area contributed by atoms with Crippen molar-refractivity contribution in [2.75, 3.05) is 13.8 Å². The molecule has 2 aromatic carbocycles. The number of halogens is 2. The number of hydrogen-bond acceptors (Lipinski definition) is 5. The number of nitrogens with one attached hydrogen (secondary N) is 2. The molecule has 0 radical (unpaired) electrons. The van der Waals surface area contributed by atoms with Gasteiger partial charge in [-0.05, 0) is 23.2 Å². The van der Waals surface area contributed by atoms with Gasteiger partial charge in [-0.2, -0.15) is 0 Å². The summed E-state index contributed by atoms with van der Waals surface area (Å²) < 4.78 is 5.70. The number of benzene rings is 2. The van der Waals surface area contributed by atoms with Gasteiger partial charge in [0.1, 0.15) is 5.75 Å². The number of allylic oxidation sites excluding steroid dienone is 1. The smallest absolute Gasteiger partial charge is 0.308 e. The molecular weight excluding hydrogens is 400 g/mol. The third-order valence-electron chi connectivity index (χ3n) is 4.41. The van der Waals surface area contributed by atoms with E-state index in [1.807, 2.05) is 12.1 Å². The highest BCUT2D eigenvalue weighted by molar-refractivity contribution is 6.47. The van der Waals surface area contributed by atoms with Gasteiger partial charge in [-0.1, -0.05) is 41.4 Å². The number of amides is 1. The number of para-hydroxylation sites is 1. The molecule has 0 fully saturated rings. The summed E-state index contributed by atoms with van der Waals surface area (Å²) in [6.07, 6.45) is 2.82. The van der Waals surface area contributed by atoms with Gasteiger partial charge in [-0.3, -0.25) is 4.79 Å². The number of carbonyl (C=O) groups excluding carboxylic acids is 1. The van der Waals surface area contributed by atoms with Crippen molar-refractivity contribution in [1.29, 1.82) is 5.41 Å². The third kappa shape index (κ3) is 3.87. The first-order valence-corrected chi connectivity index (χ1v) is 9.26. The maximum absolute atomic E-state index is 13.0. The third-order valence-corrected chi connectivity index (χ3v) is 5.00. The molecule has 0 bridgehead atoms. The number of carbonyl (C=O) groups is 1. The molecule has 6 nitrogen and oxygen atoms in total. The molecule has 1 heterocycles. The Morgan fingerprint density at radius 3 is 2.68 bits per heavy atom. The van der Waals surface area contributed by atoms with Crippen LogP contribution in [-0.4, -0.2) is 43.3 Å². The molecule has 9 heteroatoms. The Morgan fingerprint density at radius 1 is 1.36 bits per heavy atom. The number of nitrogens with zero attached hydrogens (tertiary/aromatic N) is 1. The van der Waals surface area contributed by atoms with Crippen LogP contribution in [0.25, 0.3) is 5.57 Å². The van der Waals surface area contributed by atoms with E-state index in [0.29, 0.717) is 28.9 Å². The molecule has 0 aromatic heterocycles. The summed E-state index contributed by atoms with van der Waals surface area (Å²) in [6.45, 7) is 0.352. The Balaban J connectivity index is 1.91. The lowest BCUT2D eigenvalue weighted by atomic mass is 9.86. The van der Waals surface area contributed by atoms with Crippen LogP contribution in [0, 0.1) is 5.41 Å². The molecule has 0 atom stereocenters. The number of rotatable bonds is 5. The van der Waals surface area contributed by atoms with Crippen LogP contribution in [0.5, 0.6) is 5.75 Å². The Bertz CT molecular complexity index is 942. The van der Waals surface area contributed by atoms with Crippen molar-refractivity contribution >= 4 is 53.8 Å². The van der Waals surface area contributed by atoms with E-state index in [0.717, 1.165) is 5.56 Å². The zero-order chi connectivity index (χ0) is 20.3. The lowest BCUT2D eigenvalue weighted by molar-refractivity contribution is 0.0517. The first kappa shape index (κ1) is 20.3. The largest absolute Gasteiger partial charge is 0.473 e. The van der Waals surface area contributed by atoms with Crippen molar-refractivity contribution in [3.8, 4) is 5.75 Å². The van der Waals surface area contributed by atoms with E-state index in [-0.39, 0.29) is 35.7 Å². The second kappa shape index (κ2) is 8.69. The predicted molar refractivity (Wildman–Crippen MR) is 113 cm³/mol. The van der Waals surface area contributed by atoms with Crippen LogP contribution in [0.15, 0.2) is 36.5 Å². The summed E-state index contributed by atoms with van der Waals surface area (Å²) in [5, 5.41) is 20.2. The van der Waals surface area contributed by atoms with Crippen molar-refractivity contribution < 1.29 is 14.6 Å². The van der Waals surface area contributed by atoms with E-state index in [4.69, 9.17) is 33.3 Å². The molecule has 144 valence electrons. The van der Waals surface area contributed by atoms with Crippen LogP contribution in [0.4, 0.5) is 0 Å². The van der Waals surface area contributed by atoms with E-state index >= 15 is 0 Å². The minimum Gasteiger partial charge on any atom is -0.473 e. The van der Waals surface area contributed by atoms with Crippen LogP contribution in [-0.2, 0) is 6.54 Å². The predicted octanol–water partition coefficient (Wildman–Crippen LogP) is 2.16. The van der Waals surface area contributed by atoms with Gasteiger partial charge in [-0.25, -0.2) is 0 Å². The zero-order valence-electron chi connectivity index (χ0n) is 15.1. The molecule has 3 rings (SSSR count). The Labute approximate surface area is 173 Å². The highest BCUT2D eigenvalue weighted by atomic mass is 35.5. The standard InChI is InChI=1S/C19H18BCl2N3O3/c1-24-8-13(7-23)12-5-15(21)17(16(22)6-12)19(26)25-9-11-3-2-4-14(20-27)18(11)28-10-25/h2-8,20,23-24,27H,9-10H2,1H3/b13-8+,23-7?. The molecule has 0 aliphatic carbocycles. The fourth-order valence-corrected chi connectivity index (χ4v) is 3.71. The monoisotopic (exact) mass is 417 g/mol. The molecule has 3 N–H and O–H groups in total. The number of fused-ring (bicyclic) bond motifs is 1. The van der Waals surface area contributed by atoms with Gasteiger partial charge in [0.25, 0.3) is 5.91 Å². The summed E-state index contributed by atoms with van der Waals surface area (Å²) in [7, 11) is 1.59. The average molecular weight is 418 g/mol. The maximum Gasteiger partial charge on any atom is 0.308 e. The Morgan fingerprint density at radius 2 is 2.07 bits per heavy atom. The van der Waals surface area contributed by atoms with Gasteiger partial charge in [0.15, 0.2) is 6.73 Å². The number of hydrogen-bond donors (Lipinski definition) is 3. The molecular formula is C19H18BCl2N3O3. The van der Waals surface area contributed by atoms with Gasteiger partial charge in [0, 0.05) is 30.6 Å².